The molecule has 1 unspecified atom stereocenters. The van der Waals surface area contributed by atoms with Crippen molar-refractivity contribution in [3.05, 3.63) is 60.8 Å². The summed E-state index contributed by atoms with van der Waals surface area (Å²) in [6, 6.07) is 0. The molecule has 0 aromatic heterocycles. The predicted octanol–water partition coefficient (Wildman–Crippen LogP) is 12.3. The molecular weight excluding hydrogens is 715 g/mol. The van der Waals surface area contributed by atoms with Gasteiger partial charge in [-0.25, -0.2) is 4.57 Å². The Morgan fingerprint density at radius 1 is 0.564 bits per heavy atom. The van der Waals surface area contributed by atoms with E-state index in [9.17, 15) is 19.3 Å². The molecule has 0 spiro atoms. The number of hydrogen-bond acceptors (Lipinski definition) is 7. The van der Waals surface area contributed by atoms with Crippen molar-refractivity contribution in [2.45, 2.75) is 199 Å². The third kappa shape index (κ3) is 42.7. The number of rotatable bonds is 39. The fourth-order valence-electron chi connectivity index (χ4n) is 5.93. The Kier molecular flexibility index (Phi) is 38.3. The van der Waals surface area contributed by atoms with Crippen LogP contribution in [0.5, 0.6) is 0 Å². The second-order valence-corrected chi connectivity index (χ2v) is 15.7. The maximum atomic E-state index is 12.4. The first-order chi connectivity index (χ1) is 26.7. The van der Waals surface area contributed by atoms with E-state index in [0.29, 0.717) is 19.3 Å². The molecule has 2 atom stereocenters. The smallest absolute Gasteiger partial charge is 0.462 e. The zero-order valence-corrected chi connectivity index (χ0v) is 35.6. The Bertz CT molecular complexity index is 1090. The fraction of sp³-hybridized carbons (Fsp3) is 0.733. The van der Waals surface area contributed by atoms with Gasteiger partial charge in [0, 0.05) is 12.8 Å². The van der Waals surface area contributed by atoms with Crippen LogP contribution < -0.4 is 0 Å². The van der Waals surface area contributed by atoms with Crippen LogP contribution in [0, 0.1) is 0 Å². The Labute approximate surface area is 335 Å². The molecule has 0 aliphatic heterocycles. The number of ether oxygens (including phenoxy) is 2. The van der Waals surface area contributed by atoms with Crippen LogP contribution in [0.2, 0.25) is 0 Å². The minimum Gasteiger partial charge on any atom is -0.462 e. The molecule has 3 N–H and O–H groups in total. The van der Waals surface area contributed by atoms with Gasteiger partial charge in [0.1, 0.15) is 6.61 Å². The van der Waals surface area contributed by atoms with E-state index in [-0.39, 0.29) is 19.4 Å². The molecule has 0 fully saturated rings. The van der Waals surface area contributed by atoms with Crippen LogP contribution in [-0.4, -0.2) is 52.3 Å². The van der Waals surface area contributed by atoms with Crippen LogP contribution in [0.25, 0.3) is 0 Å². The average molecular weight is 795 g/mol. The summed E-state index contributed by atoms with van der Waals surface area (Å²) < 4.78 is 26.3. The maximum absolute atomic E-state index is 12.4. The van der Waals surface area contributed by atoms with Crippen molar-refractivity contribution in [3.63, 3.8) is 0 Å². The summed E-state index contributed by atoms with van der Waals surface area (Å²) in [5.41, 5.74) is 0. The van der Waals surface area contributed by atoms with Crippen molar-refractivity contribution in [1.82, 2.24) is 0 Å². The number of aliphatic hydroxyl groups excluding tert-OH is 1. The van der Waals surface area contributed by atoms with Gasteiger partial charge in [-0.1, -0.05) is 190 Å². The highest BCUT2D eigenvalue weighted by Crippen LogP contribution is 2.36. The average Bonchev–Trinajstić information content (AvgIpc) is 3.15. The number of hydrogen-bond donors (Lipinski definition) is 3. The van der Waals surface area contributed by atoms with Gasteiger partial charge in [-0.05, 0) is 44.9 Å². The largest absolute Gasteiger partial charge is 0.469 e. The van der Waals surface area contributed by atoms with Gasteiger partial charge in [0.2, 0.25) is 0 Å². The van der Waals surface area contributed by atoms with E-state index in [1.807, 2.05) is 12.2 Å². The van der Waals surface area contributed by atoms with E-state index >= 15 is 0 Å². The molecule has 55 heavy (non-hydrogen) atoms. The first-order valence-corrected chi connectivity index (χ1v) is 23.2. The number of phosphoric acid groups is 1. The van der Waals surface area contributed by atoms with Crippen molar-refractivity contribution in [1.29, 1.82) is 0 Å². The van der Waals surface area contributed by atoms with Crippen molar-refractivity contribution in [2.75, 3.05) is 13.2 Å². The van der Waals surface area contributed by atoms with Crippen molar-refractivity contribution < 1.29 is 43.0 Å². The number of unbranched alkanes of at least 4 members (excludes halogenated alkanes) is 18. The molecule has 0 saturated carbocycles. The van der Waals surface area contributed by atoms with Crippen LogP contribution in [-0.2, 0) is 28.2 Å². The SMILES string of the molecule is CC/C=C\C/C=C\C/C=C\C/C=C\C=C\C(O)CCCC(=O)O[C@H](COC(=O)CCCCCCCCCCCCCCCCCCCCC)COP(=O)(O)O. The van der Waals surface area contributed by atoms with E-state index in [2.05, 4.69) is 54.8 Å². The number of carbonyl (C=O) groups is 2. The number of phosphoric ester groups is 1. The Hall–Kier alpha value is -2.29. The van der Waals surface area contributed by atoms with E-state index in [0.717, 1.165) is 44.9 Å². The normalized spacial score (nSPS) is 13.6. The van der Waals surface area contributed by atoms with Crippen molar-refractivity contribution in [2.24, 2.45) is 0 Å². The third-order valence-corrected chi connectivity index (χ3v) is 9.64. The molecule has 0 rings (SSSR count). The summed E-state index contributed by atoms with van der Waals surface area (Å²) >= 11 is 0. The molecule has 0 bridgehead atoms. The van der Waals surface area contributed by atoms with Gasteiger partial charge >= 0.3 is 19.8 Å². The van der Waals surface area contributed by atoms with E-state index in [1.54, 1.807) is 12.2 Å². The summed E-state index contributed by atoms with van der Waals surface area (Å²) in [6.45, 7) is 3.42. The van der Waals surface area contributed by atoms with E-state index in [1.165, 1.54) is 96.3 Å². The van der Waals surface area contributed by atoms with Crippen LogP contribution in [0.3, 0.4) is 0 Å². The lowest BCUT2D eigenvalue weighted by Gasteiger charge is -2.18. The van der Waals surface area contributed by atoms with Gasteiger partial charge in [-0.3, -0.25) is 14.1 Å². The molecule has 0 aromatic rings. The number of allylic oxidation sites excluding steroid dienone is 9. The van der Waals surface area contributed by atoms with Gasteiger partial charge in [0.25, 0.3) is 0 Å². The van der Waals surface area contributed by atoms with E-state index < -0.39 is 38.6 Å². The number of carbonyl (C=O) groups excluding carboxylic acids is 2. The second kappa shape index (κ2) is 39.9. The van der Waals surface area contributed by atoms with Gasteiger partial charge < -0.3 is 24.4 Å². The Morgan fingerprint density at radius 3 is 1.51 bits per heavy atom. The number of aliphatic hydroxyl groups is 1. The molecule has 0 heterocycles. The van der Waals surface area contributed by atoms with Crippen molar-refractivity contribution >= 4 is 19.8 Å². The summed E-state index contributed by atoms with van der Waals surface area (Å²) in [4.78, 5) is 42.9. The molecule has 10 heteroatoms. The highest BCUT2D eigenvalue weighted by Gasteiger charge is 2.23. The Balaban J connectivity index is 4.06. The zero-order valence-electron chi connectivity index (χ0n) is 34.7. The molecule has 318 valence electrons. The number of esters is 2. The minimum atomic E-state index is -4.81. The molecule has 0 amide bonds. The Morgan fingerprint density at radius 2 is 1.02 bits per heavy atom. The molecule has 0 aliphatic rings. The standard InChI is InChI=1S/C45H79O9P/c1-3-5-7-9-11-13-15-17-18-19-20-21-22-24-26-28-30-32-34-38-44(47)52-40-43(41-53-55(49,50)51)54-45(48)39-35-37-42(46)36-33-31-29-27-25-23-16-14-12-10-8-6-4-2/h6,8,12,14,23,25,29,31,33,36,42-43,46H,3-5,7,9-11,13,15-22,24,26-28,30,32,34-35,37-41H2,1-2H3,(H2,49,50,51)/b8-6-,14-12-,25-23-,31-29-,36-33+/t42?,43-/m1/s1. The lowest BCUT2D eigenvalue weighted by atomic mass is 10.0. The highest BCUT2D eigenvalue weighted by atomic mass is 31.2. The van der Waals surface area contributed by atoms with E-state index in [4.69, 9.17) is 19.3 Å². The molecule has 0 aromatic carbocycles. The van der Waals surface area contributed by atoms with Crippen LogP contribution in [0.1, 0.15) is 187 Å². The van der Waals surface area contributed by atoms with Crippen LogP contribution >= 0.6 is 7.82 Å². The van der Waals surface area contributed by atoms with Gasteiger partial charge in [0.15, 0.2) is 6.10 Å². The maximum Gasteiger partial charge on any atom is 0.469 e. The third-order valence-electron chi connectivity index (χ3n) is 9.15. The van der Waals surface area contributed by atoms with Gasteiger partial charge in [0.05, 0.1) is 12.7 Å². The first kappa shape index (κ1) is 52.7. The fourth-order valence-corrected chi connectivity index (χ4v) is 6.29. The molecule has 0 saturated heterocycles. The molecule has 9 nitrogen and oxygen atoms in total. The second-order valence-electron chi connectivity index (χ2n) is 14.5. The topological polar surface area (TPSA) is 140 Å². The van der Waals surface area contributed by atoms with Crippen molar-refractivity contribution in [3.8, 4) is 0 Å². The van der Waals surface area contributed by atoms with Gasteiger partial charge in [-0.15, -0.1) is 0 Å². The predicted molar refractivity (Wildman–Crippen MR) is 227 cm³/mol. The first-order valence-electron chi connectivity index (χ1n) is 21.7. The zero-order chi connectivity index (χ0) is 40.5. The molecule has 0 radical (unpaired) electrons. The lowest BCUT2D eigenvalue weighted by Crippen LogP contribution is -2.29. The summed E-state index contributed by atoms with van der Waals surface area (Å²) in [5, 5.41) is 10.2. The molecule has 0 aliphatic carbocycles. The summed E-state index contributed by atoms with van der Waals surface area (Å²) in [5.74, 6) is -1.09. The minimum absolute atomic E-state index is 0.0193. The summed E-state index contributed by atoms with van der Waals surface area (Å²) in [7, 11) is -4.81. The lowest BCUT2D eigenvalue weighted by molar-refractivity contribution is -0.161. The van der Waals surface area contributed by atoms with Gasteiger partial charge in [-0.2, -0.15) is 0 Å². The molecular formula is C45H79O9P. The van der Waals surface area contributed by atoms with Crippen LogP contribution in [0.4, 0.5) is 0 Å². The van der Waals surface area contributed by atoms with Crippen LogP contribution in [0.15, 0.2) is 60.8 Å². The summed E-state index contributed by atoms with van der Waals surface area (Å²) in [6.07, 6.45) is 46.9. The monoisotopic (exact) mass is 795 g/mol. The highest BCUT2D eigenvalue weighted by molar-refractivity contribution is 7.46. The quantitative estimate of drug-likeness (QED) is 0.0182.